The maximum Gasteiger partial charge on any atom is 0.269 e. The van der Waals surface area contributed by atoms with Gasteiger partial charge < -0.3 is 10.1 Å². The van der Waals surface area contributed by atoms with Crippen molar-refractivity contribution in [3.63, 3.8) is 0 Å². The average molecular weight is 250 g/mol. The molecule has 1 amide bonds. The number of nitro benzene ring substituents is 1. The summed E-state index contributed by atoms with van der Waals surface area (Å²) in [5.41, 5.74) is -0.00237. The summed E-state index contributed by atoms with van der Waals surface area (Å²) in [6.07, 6.45) is 1.44. The first kappa shape index (κ1) is 12.3. The molecule has 1 aromatic carbocycles. The van der Waals surface area contributed by atoms with Gasteiger partial charge in [-0.25, -0.2) is 0 Å². The van der Waals surface area contributed by atoms with Gasteiger partial charge in [0.2, 0.25) is 0 Å². The average Bonchev–Trinajstić information content (AvgIpc) is 3.13. The van der Waals surface area contributed by atoms with Gasteiger partial charge in [-0.2, -0.15) is 0 Å². The number of hydrogen-bond acceptors (Lipinski definition) is 4. The Morgan fingerprint density at radius 3 is 2.56 bits per heavy atom. The number of amides is 1. The van der Waals surface area contributed by atoms with E-state index in [0.717, 1.165) is 12.8 Å². The molecule has 1 N–H and O–H groups in total. The molecule has 1 aromatic rings. The molecule has 0 aromatic heterocycles. The normalized spacial score (nSPS) is 15.8. The fourth-order valence-corrected chi connectivity index (χ4v) is 1.45. The zero-order chi connectivity index (χ0) is 13.1. The minimum Gasteiger partial charge on any atom is -0.481 e. The summed E-state index contributed by atoms with van der Waals surface area (Å²) in [5, 5.41) is 13.3. The third-order valence-electron chi connectivity index (χ3n) is 2.65. The molecule has 0 radical (unpaired) electrons. The maximum atomic E-state index is 11.6. The van der Waals surface area contributed by atoms with Crippen LogP contribution in [0.15, 0.2) is 24.3 Å². The van der Waals surface area contributed by atoms with Gasteiger partial charge in [0.25, 0.3) is 11.6 Å². The molecule has 1 atom stereocenters. The van der Waals surface area contributed by atoms with Gasteiger partial charge in [0.1, 0.15) is 5.75 Å². The van der Waals surface area contributed by atoms with Crippen molar-refractivity contribution in [1.29, 1.82) is 0 Å². The van der Waals surface area contributed by atoms with Crippen LogP contribution in [-0.2, 0) is 4.79 Å². The molecule has 0 unspecified atom stereocenters. The van der Waals surface area contributed by atoms with E-state index in [1.165, 1.54) is 24.3 Å². The molecule has 1 aliphatic rings. The number of benzene rings is 1. The lowest BCUT2D eigenvalue weighted by Gasteiger charge is -2.14. The number of non-ortho nitro benzene ring substituents is 1. The summed E-state index contributed by atoms with van der Waals surface area (Å²) in [7, 11) is 0. The van der Waals surface area contributed by atoms with Crippen LogP contribution < -0.4 is 10.1 Å². The molecule has 96 valence electrons. The topological polar surface area (TPSA) is 81.5 Å². The van der Waals surface area contributed by atoms with Crippen LogP contribution in [-0.4, -0.2) is 23.0 Å². The van der Waals surface area contributed by atoms with E-state index in [4.69, 9.17) is 4.74 Å². The Kier molecular flexibility index (Phi) is 3.45. The molecule has 6 nitrogen and oxygen atoms in total. The highest BCUT2D eigenvalue weighted by Crippen LogP contribution is 2.20. The second kappa shape index (κ2) is 5.03. The Morgan fingerprint density at radius 2 is 2.06 bits per heavy atom. The van der Waals surface area contributed by atoms with Crippen molar-refractivity contribution in [2.75, 3.05) is 0 Å². The molecule has 1 aliphatic carbocycles. The largest absolute Gasteiger partial charge is 0.481 e. The van der Waals surface area contributed by atoms with E-state index in [0.29, 0.717) is 11.8 Å². The van der Waals surface area contributed by atoms with Crippen LogP contribution in [0, 0.1) is 10.1 Å². The lowest BCUT2D eigenvalue weighted by Crippen LogP contribution is -2.37. The third kappa shape index (κ3) is 3.19. The quantitative estimate of drug-likeness (QED) is 0.636. The fraction of sp³-hybridized carbons (Fsp3) is 0.417. The second-order valence-corrected chi connectivity index (χ2v) is 4.29. The van der Waals surface area contributed by atoms with Crippen molar-refractivity contribution in [3.8, 4) is 5.75 Å². The Balaban J connectivity index is 1.91. The lowest BCUT2D eigenvalue weighted by atomic mass is 10.3. The highest BCUT2D eigenvalue weighted by atomic mass is 16.6. The molecule has 0 bridgehead atoms. The van der Waals surface area contributed by atoms with Crippen LogP contribution in [0.5, 0.6) is 5.75 Å². The van der Waals surface area contributed by atoms with Gasteiger partial charge in [-0.1, -0.05) is 0 Å². The minimum atomic E-state index is -0.605. The molecule has 0 heterocycles. The van der Waals surface area contributed by atoms with Crippen molar-refractivity contribution in [2.45, 2.75) is 31.9 Å². The maximum absolute atomic E-state index is 11.6. The van der Waals surface area contributed by atoms with Gasteiger partial charge in [-0.15, -0.1) is 0 Å². The lowest BCUT2D eigenvalue weighted by molar-refractivity contribution is -0.384. The van der Waals surface area contributed by atoms with Crippen LogP contribution >= 0.6 is 0 Å². The number of ether oxygens (including phenoxy) is 1. The highest BCUT2D eigenvalue weighted by molar-refractivity contribution is 5.81. The van der Waals surface area contributed by atoms with E-state index < -0.39 is 11.0 Å². The zero-order valence-electron chi connectivity index (χ0n) is 9.96. The summed E-state index contributed by atoms with van der Waals surface area (Å²) in [6, 6.07) is 5.96. The van der Waals surface area contributed by atoms with Crippen LogP contribution in [0.25, 0.3) is 0 Å². The van der Waals surface area contributed by atoms with E-state index in [9.17, 15) is 14.9 Å². The fourth-order valence-electron chi connectivity index (χ4n) is 1.45. The molecule has 6 heteroatoms. The zero-order valence-corrected chi connectivity index (χ0v) is 9.96. The molecular weight excluding hydrogens is 236 g/mol. The van der Waals surface area contributed by atoms with Gasteiger partial charge in [-0.05, 0) is 31.9 Å². The van der Waals surface area contributed by atoms with Crippen molar-refractivity contribution in [2.24, 2.45) is 0 Å². The smallest absolute Gasteiger partial charge is 0.269 e. The molecule has 0 saturated heterocycles. The summed E-state index contributed by atoms with van der Waals surface area (Å²) in [4.78, 5) is 21.6. The molecule has 1 saturated carbocycles. The van der Waals surface area contributed by atoms with E-state index >= 15 is 0 Å². The second-order valence-electron chi connectivity index (χ2n) is 4.29. The predicted molar refractivity (Wildman–Crippen MR) is 64.4 cm³/mol. The monoisotopic (exact) mass is 250 g/mol. The first-order chi connectivity index (χ1) is 8.56. The molecular formula is C12H14N2O4. The predicted octanol–water partition coefficient (Wildman–Crippen LogP) is 1.64. The Morgan fingerprint density at radius 1 is 1.44 bits per heavy atom. The van der Waals surface area contributed by atoms with Crippen LogP contribution in [0.2, 0.25) is 0 Å². The third-order valence-corrected chi connectivity index (χ3v) is 2.65. The number of hydrogen-bond donors (Lipinski definition) is 1. The van der Waals surface area contributed by atoms with Crippen molar-refractivity contribution < 1.29 is 14.5 Å². The molecule has 0 spiro atoms. The van der Waals surface area contributed by atoms with Gasteiger partial charge >= 0.3 is 0 Å². The van der Waals surface area contributed by atoms with Crippen LogP contribution in [0.4, 0.5) is 5.69 Å². The number of carbonyl (C=O) groups excluding carboxylic acids is 1. The van der Waals surface area contributed by atoms with Crippen LogP contribution in [0.3, 0.4) is 0 Å². The van der Waals surface area contributed by atoms with Crippen molar-refractivity contribution in [1.82, 2.24) is 5.32 Å². The number of rotatable bonds is 5. The molecule has 18 heavy (non-hydrogen) atoms. The van der Waals surface area contributed by atoms with E-state index in [1.807, 2.05) is 0 Å². The summed E-state index contributed by atoms with van der Waals surface area (Å²) < 4.78 is 5.40. The summed E-state index contributed by atoms with van der Waals surface area (Å²) >= 11 is 0. The van der Waals surface area contributed by atoms with Gasteiger partial charge in [0, 0.05) is 18.2 Å². The van der Waals surface area contributed by atoms with Gasteiger partial charge in [-0.3, -0.25) is 14.9 Å². The summed E-state index contributed by atoms with van der Waals surface area (Å²) in [5.74, 6) is 0.287. The molecule has 2 rings (SSSR count). The Bertz CT molecular complexity index is 454. The van der Waals surface area contributed by atoms with Crippen LogP contribution in [0.1, 0.15) is 19.8 Å². The first-order valence-electron chi connectivity index (χ1n) is 5.78. The molecule has 1 fully saturated rings. The Hall–Kier alpha value is -2.11. The highest BCUT2D eigenvalue weighted by Gasteiger charge is 2.26. The number of carbonyl (C=O) groups is 1. The van der Waals surface area contributed by atoms with E-state index in [1.54, 1.807) is 6.92 Å². The minimum absolute atomic E-state index is 0.00237. The molecule has 0 aliphatic heterocycles. The summed E-state index contributed by atoms with van der Waals surface area (Å²) in [6.45, 7) is 1.65. The van der Waals surface area contributed by atoms with Gasteiger partial charge in [0.15, 0.2) is 6.10 Å². The standard InChI is InChI=1S/C12H14N2O4/c1-8(12(15)13-9-2-3-9)18-11-6-4-10(5-7-11)14(16)17/h4-9H,2-3H2,1H3,(H,13,15)/t8-/m0/s1. The number of nitrogens with one attached hydrogen (secondary N) is 1. The SMILES string of the molecule is C[C@H](Oc1ccc([N+](=O)[O-])cc1)C(=O)NC1CC1. The van der Waals surface area contributed by atoms with Crippen molar-refractivity contribution >= 4 is 11.6 Å². The van der Waals surface area contributed by atoms with Crippen molar-refractivity contribution in [3.05, 3.63) is 34.4 Å². The van der Waals surface area contributed by atoms with E-state index in [2.05, 4.69) is 5.32 Å². The first-order valence-corrected chi connectivity index (χ1v) is 5.78. The number of nitro groups is 1. The van der Waals surface area contributed by atoms with E-state index in [-0.39, 0.29) is 11.6 Å². The number of nitrogens with zero attached hydrogens (tertiary/aromatic N) is 1. The Labute approximate surface area is 104 Å². The van der Waals surface area contributed by atoms with Gasteiger partial charge in [0.05, 0.1) is 4.92 Å².